The Kier molecular flexibility index (Phi) is 10.4. The van der Waals surface area contributed by atoms with Gasteiger partial charge in [-0.05, 0) is 48.9 Å². The number of anilines is 1. The van der Waals surface area contributed by atoms with Crippen molar-refractivity contribution in [3.8, 4) is 17.2 Å². The van der Waals surface area contributed by atoms with Crippen LogP contribution in [0.25, 0.3) is 11.1 Å². The summed E-state index contributed by atoms with van der Waals surface area (Å²) in [6.45, 7) is 11.1. The summed E-state index contributed by atoms with van der Waals surface area (Å²) in [5.41, 5.74) is 5.60. The lowest BCUT2D eigenvalue weighted by Crippen LogP contribution is -2.31. The van der Waals surface area contributed by atoms with E-state index >= 15 is 0 Å². The van der Waals surface area contributed by atoms with Crippen LogP contribution < -0.4 is 4.90 Å². The van der Waals surface area contributed by atoms with Gasteiger partial charge in [0.25, 0.3) is 0 Å². The molecule has 0 spiro atoms. The van der Waals surface area contributed by atoms with Crippen molar-refractivity contribution < 1.29 is 9.21 Å². The smallest absolute Gasteiger partial charge is 0.163 e. The standard InChI is InChI=1S/C27H31N3.C6H6O2/c1-5-17-30(26(6-2)22-15-11-8-12-16-22)27-24(19-28)23(18-25(29-27)20(3)4)21-13-9-7-10-14-21;1-5(7)6-2-3-8-4-6/h7-16,18,20,26H,5-6,17H2,1-4H3;2-4H,1H3. The Hall–Kier alpha value is -4.17. The highest BCUT2D eigenvalue weighted by atomic mass is 16.3. The number of carbonyl (C=O) groups excluding carboxylic acids is 1. The first kappa shape index (κ1) is 28.4. The Balaban J connectivity index is 0.000000427. The van der Waals surface area contributed by atoms with Crippen molar-refractivity contribution >= 4 is 11.6 Å². The Bertz CT molecular complexity index is 1320. The molecule has 0 bridgehead atoms. The van der Waals surface area contributed by atoms with E-state index < -0.39 is 0 Å². The van der Waals surface area contributed by atoms with E-state index in [1.807, 2.05) is 24.3 Å². The van der Waals surface area contributed by atoms with Crippen molar-refractivity contribution in [2.45, 2.75) is 59.4 Å². The number of ketones is 1. The van der Waals surface area contributed by atoms with Crippen molar-refractivity contribution in [2.75, 3.05) is 11.4 Å². The number of pyridine rings is 1. The number of hydrogen-bond donors (Lipinski definition) is 0. The van der Waals surface area contributed by atoms with E-state index in [0.717, 1.165) is 42.0 Å². The van der Waals surface area contributed by atoms with Crippen molar-refractivity contribution in [2.24, 2.45) is 0 Å². The fourth-order valence-electron chi connectivity index (χ4n) is 4.44. The van der Waals surface area contributed by atoms with E-state index in [1.165, 1.54) is 25.0 Å². The van der Waals surface area contributed by atoms with Crippen LogP contribution in [0, 0.1) is 11.3 Å². The van der Waals surface area contributed by atoms with Gasteiger partial charge < -0.3 is 9.32 Å². The second-order valence-electron chi connectivity index (χ2n) is 9.52. The summed E-state index contributed by atoms with van der Waals surface area (Å²) < 4.78 is 4.65. The predicted octanol–water partition coefficient (Wildman–Crippen LogP) is 8.59. The van der Waals surface area contributed by atoms with Gasteiger partial charge in [0, 0.05) is 17.8 Å². The van der Waals surface area contributed by atoms with E-state index in [2.05, 4.69) is 85.5 Å². The van der Waals surface area contributed by atoms with Crippen LogP contribution in [0.5, 0.6) is 0 Å². The summed E-state index contributed by atoms with van der Waals surface area (Å²) in [5.74, 6) is 1.12. The number of carbonyl (C=O) groups is 1. The molecule has 5 heteroatoms. The van der Waals surface area contributed by atoms with Crippen molar-refractivity contribution in [3.05, 3.63) is 108 Å². The first-order valence-electron chi connectivity index (χ1n) is 13.3. The van der Waals surface area contributed by atoms with E-state index in [1.54, 1.807) is 6.07 Å². The second kappa shape index (κ2) is 13.9. The van der Waals surface area contributed by atoms with Crippen molar-refractivity contribution in [3.63, 3.8) is 0 Å². The van der Waals surface area contributed by atoms with E-state index in [0.29, 0.717) is 11.1 Å². The number of benzene rings is 2. The maximum atomic E-state index is 10.4. The number of hydrogen-bond acceptors (Lipinski definition) is 5. The highest BCUT2D eigenvalue weighted by molar-refractivity contribution is 5.93. The van der Waals surface area contributed by atoms with Crippen LogP contribution >= 0.6 is 0 Å². The minimum absolute atomic E-state index is 0.0405. The molecule has 4 rings (SSSR count). The topological polar surface area (TPSA) is 70.1 Å². The SMILES string of the molecule is CC(=O)c1ccoc1.CCCN(c1nc(C(C)C)cc(-c2ccccc2)c1C#N)C(CC)c1ccccc1. The highest BCUT2D eigenvalue weighted by Crippen LogP contribution is 2.37. The van der Waals surface area contributed by atoms with Crippen LogP contribution in [0.3, 0.4) is 0 Å². The number of nitriles is 1. The van der Waals surface area contributed by atoms with Crippen LogP contribution in [0.4, 0.5) is 5.82 Å². The van der Waals surface area contributed by atoms with E-state index in [9.17, 15) is 10.1 Å². The fraction of sp³-hybridized carbons (Fsp3) is 0.303. The molecule has 2 heterocycles. The van der Waals surface area contributed by atoms with Crippen LogP contribution in [0.2, 0.25) is 0 Å². The fourth-order valence-corrected chi connectivity index (χ4v) is 4.44. The molecule has 0 amide bonds. The molecule has 38 heavy (non-hydrogen) atoms. The third-order valence-electron chi connectivity index (χ3n) is 6.42. The molecule has 4 aromatic rings. The van der Waals surface area contributed by atoms with Gasteiger partial charge in [0.15, 0.2) is 5.78 Å². The zero-order valence-electron chi connectivity index (χ0n) is 23.0. The molecule has 0 saturated carbocycles. The maximum Gasteiger partial charge on any atom is 0.163 e. The molecule has 2 aromatic heterocycles. The molecule has 0 aliphatic rings. The first-order chi connectivity index (χ1) is 18.4. The molecule has 1 atom stereocenters. The molecule has 0 aliphatic heterocycles. The number of furan rings is 1. The van der Waals surface area contributed by atoms with Crippen LogP contribution in [-0.4, -0.2) is 17.3 Å². The monoisotopic (exact) mass is 507 g/mol. The summed E-state index contributed by atoms with van der Waals surface area (Å²) in [6, 6.07) is 27.2. The van der Waals surface area contributed by atoms with Gasteiger partial charge in [-0.2, -0.15) is 5.26 Å². The lowest BCUT2D eigenvalue weighted by Gasteiger charge is -2.34. The molecule has 0 fully saturated rings. The summed E-state index contributed by atoms with van der Waals surface area (Å²) >= 11 is 0. The van der Waals surface area contributed by atoms with Gasteiger partial charge in [-0.25, -0.2) is 4.98 Å². The Morgan fingerprint density at radius 2 is 1.68 bits per heavy atom. The van der Waals surface area contributed by atoms with Gasteiger partial charge in [0.1, 0.15) is 23.7 Å². The number of rotatable bonds is 9. The van der Waals surface area contributed by atoms with Gasteiger partial charge in [0.05, 0.1) is 17.9 Å². The average Bonchev–Trinajstić information content (AvgIpc) is 3.49. The number of Topliss-reactive ketones (excluding diaryl/α,β-unsaturated/α-hetero) is 1. The average molecular weight is 508 g/mol. The Morgan fingerprint density at radius 3 is 2.16 bits per heavy atom. The van der Waals surface area contributed by atoms with Gasteiger partial charge >= 0.3 is 0 Å². The summed E-state index contributed by atoms with van der Waals surface area (Å²) in [4.78, 5) is 17.8. The third kappa shape index (κ3) is 6.98. The van der Waals surface area contributed by atoms with E-state index in [-0.39, 0.29) is 17.7 Å². The molecule has 0 aliphatic carbocycles. The third-order valence-corrected chi connectivity index (χ3v) is 6.42. The zero-order chi connectivity index (χ0) is 27.5. The first-order valence-corrected chi connectivity index (χ1v) is 13.3. The Morgan fingerprint density at radius 1 is 1.03 bits per heavy atom. The summed E-state index contributed by atoms with van der Waals surface area (Å²) in [5, 5.41) is 10.2. The van der Waals surface area contributed by atoms with Crippen LogP contribution in [0.1, 0.15) is 86.6 Å². The second-order valence-corrected chi connectivity index (χ2v) is 9.52. The molecule has 1 unspecified atom stereocenters. The van der Waals surface area contributed by atoms with Gasteiger partial charge in [0.2, 0.25) is 0 Å². The lowest BCUT2D eigenvalue weighted by atomic mass is 9.96. The minimum atomic E-state index is 0.0405. The van der Waals surface area contributed by atoms with Crippen LogP contribution in [0.15, 0.2) is 89.7 Å². The van der Waals surface area contributed by atoms with Gasteiger partial charge in [-0.3, -0.25) is 4.79 Å². The minimum Gasteiger partial charge on any atom is -0.472 e. The summed E-state index contributed by atoms with van der Waals surface area (Å²) in [7, 11) is 0. The normalized spacial score (nSPS) is 11.3. The molecule has 2 aromatic carbocycles. The summed E-state index contributed by atoms with van der Waals surface area (Å²) in [6.07, 6.45) is 4.85. The predicted molar refractivity (Wildman–Crippen MR) is 154 cm³/mol. The molecule has 196 valence electrons. The lowest BCUT2D eigenvalue weighted by molar-refractivity contribution is 0.101. The van der Waals surface area contributed by atoms with E-state index in [4.69, 9.17) is 4.98 Å². The molecule has 0 radical (unpaired) electrons. The zero-order valence-corrected chi connectivity index (χ0v) is 23.0. The number of nitrogens with zero attached hydrogens (tertiary/aromatic N) is 3. The quantitative estimate of drug-likeness (QED) is 0.212. The maximum absolute atomic E-state index is 10.4. The van der Waals surface area contributed by atoms with Crippen molar-refractivity contribution in [1.29, 1.82) is 5.26 Å². The molecule has 5 nitrogen and oxygen atoms in total. The van der Waals surface area contributed by atoms with Crippen molar-refractivity contribution in [1.82, 2.24) is 4.98 Å². The largest absolute Gasteiger partial charge is 0.472 e. The Labute approximate surface area is 226 Å². The highest BCUT2D eigenvalue weighted by Gasteiger charge is 2.25. The molecular formula is C33H37N3O2. The van der Waals surface area contributed by atoms with Gasteiger partial charge in [-0.1, -0.05) is 88.4 Å². The molecular weight excluding hydrogens is 470 g/mol. The van der Waals surface area contributed by atoms with Gasteiger partial charge in [-0.15, -0.1) is 0 Å². The number of aromatic nitrogens is 1. The molecule has 0 saturated heterocycles. The molecule has 0 N–H and O–H groups in total. The van der Waals surface area contributed by atoms with Crippen LogP contribution in [-0.2, 0) is 0 Å².